The molecule has 0 spiro atoms. The molecule has 0 saturated carbocycles. The molecule has 1 aromatic heterocycles. The first-order valence-electron chi connectivity index (χ1n) is 17.3. The van der Waals surface area contributed by atoms with Crippen LogP contribution in [0.2, 0.25) is 0 Å². The van der Waals surface area contributed by atoms with E-state index in [9.17, 15) is 0 Å². The molecule has 8 aromatic carbocycles. The lowest BCUT2D eigenvalue weighted by molar-refractivity contribution is 1.24. The van der Waals surface area contributed by atoms with E-state index in [0.717, 1.165) is 0 Å². The standard InChI is InChI=1S/C47H34N2S/c1-29-15-4-10-23-37(29)48(38-24-11-5-16-30(38)2)41-27-43-46(35-20-8-7-19-33(35)41)47-36-22-14-21-34-32-18-9-13-26-40(32)49(39-25-12-6-17-31(39)3)42(45(34)36)28-44(47)50-43/h4-28H,1-3H3. The summed E-state index contributed by atoms with van der Waals surface area (Å²) in [6, 6.07) is 55.9. The molecule has 2 nitrogen and oxygen atoms in total. The van der Waals surface area contributed by atoms with E-state index in [4.69, 9.17) is 0 Å². The molecule has 0 aliphatic carbocycles. The van der Waals surface area contributed by atoms with Crippen molar-refractivity contribution in [3.05, 3.63) is 168 Å². The first-order valence-corrected chi connectivity index (χ1v) is 18.1. The van der Waals surface area contributed by atoms with E-state index >= 15 is 0 Å². The number of anilines is 6. The summed E-state index contributed by atoms with van der Waals surface area (Å²) in [6.07, 6.45) is 0. The number of aryl methyl sites for hydroxylation is 3. The van der Waals surface area contributed by atoms with Crippen molar-refractivity contribution in [3.63, 3.8) is 0 Å². The van der Waals surface area contributed by atoms with Crippen LogP contribution >= 0.6 is 11.3 Å². The zero-order valence-electron chi connectivity index (χ0n) is 28.2. The van der Waals surface area contributed by atoms with Gasteiger partial charge in [0.05, 0.1) is 17.1 Å². The number of para-hydroxylation sites is 4. The molecule has 10 rings (SSSR count). The molecular formula is C47H34N2S. The van der Waals surface area contributed by atoms with Gasteiger partial charge < -0.3 is 9.80 Å². The Labute approximate surface area is 296 Å². The third-order valence-corrected chi connectivity index (χ3v) is 11.6. The van der Waals surface area contributed by atoms with Crippen LogP contribution in [0.4, 0.5) is 34.1 Å². The van der Waals surface area contributed by atoms with Crippen LogP contribution in [-0.2, 0) is 0 Å². The molecule has 238 valence electrons. The Morgan fingerprint density at radius 1 is 0.400 bits per heavy atom. The fourth-order valence-electron chi connectivity index (χ4n) is 8.27. The second-order valence-electron chi connectivity index (χ2n) is 13.5. The molecule has 0 saturated heterocycles. The summed E-state index contributed by atoms with van der Waals surface area (Å²) in [5.41, 5.74) is 13.6. The molecule has 3 heteroatoms. The molecule has 2 heterocycles. The van der Waals surface area contributed by atoms with E-state index in [-0.39, 0.29) is 0 Å². The number of thiophene rings is 1. The summed E-state index contributed by atoms with van der Waals surface area (Å²) >= 11 is 1.91. The average molecular weight is 659 g/mol. The number of fused-ring (bicyclic) bond motifs is 8. The van der Waals surface area contributed by atoms with E-state index < -0.39 is 0 Å². The zero-order valence-corrected chi connectivity index (χ0v) is 29.1. The Hall–Kier alpha value is -5.90. The Morgan fingerprint density at radius 3 is 1.66 bits per heavy atom. The van der Waals surface area contributed by atoms with Gasteiger partial charge in [-0.15, -0.1) is 11.3 Å². The van der Waals surface area contributed by atoms with Crippen LogP contribution < -0.4 is 9.80 Å². The summed E-state index contributed by atoms with van der Waals surface area (Å²) < 4.78 is 2.60. The van der Waals surface area contributed by atoms with Crippen LogP contribution in [0.3, 0.4) is 0 Å². The molecule has 1 aliphatic heterocycles. The lowest BCUT2D eigenvalue weighted by atomic mass is 9.88. The van der Waals surface area contributed by atoms with E-state index in [0.29, 0.717) is 0 Å². The van der Waals surface area contributed by atoms with Crippen molar-refractivity contribution in [1.29, 1.82) is 0 Å². The van der Waals surface area contributed by atoms with Gasteiger partial charge >= 0.3 is 0 Å². The van der Waals surface area contributed by atoms with Gasteiger partial charge in [0.1, 0.15) is 0 Å². The Bertz CT molecular complexity index is 2780. The highest BCUT2D eigenvalue weighted by Crippen LogP contribution is 2.56. The van der Waals surface area contributed by atoms with Crippen molar-refractivity contribution in [2.24, 2.45) is 0 Å². The lowest BCUT2D eigenvalue weighted by Gasteiger charge is -2.34. The smallest absolute Gasteiger partial charge is 0.0561 e. The number of nitrogens with zero attached hydrogens (tertiary/aromatic N) is 2. The minimum Gasteiger partial charge on any atom is -0.309 e. The lowest BCUT2D eigenvalue weighted by Crippen LogP contribution is -2.16. The molecule has 0 atom stereocenters. The number of benzene rings is 8. The topological polar surface area (TPSA) is 6.48 Å². The second kappa shape index (κ2) is 11.1. The third-order valence-electron chi connectivity index (χ3n) is 10.5. The predicted molar refractivity (Wildman–Crippen MR) is 217 cm³/mol. The minimum atomic E-state index is 1.20. The van der Waals surface area contributed by atoms with Crippen LogP contribution in [0.25, 0.3) is 52.8 Å². The first kappa shape index (κ1) is 29.1. The molecule has 9 aromatic rings. The highest BCUT2D eigenvalue weighted by Gasteiger charge is 2.29. The van der Waals surface area contributed by atoms with Crippen molar-refractivity contribution in [2.45, 2.75) is 20.8 Å². The predicted octanol–water partition coefficient (Wildman–Crippen LogP) is 14.2. The van der Waals surface area contributed by atoms with Gasteiger partial charge in [-0.25, -0.2) is 0 Å². The maximum Gasteiger partial charge on any atom is 0.0561 e. The molecule has 0 amide bonds. The zero-order chi connectivity index (χ0) is 33.5. The van der Waals surface area contributed by atoms with Gasteiger partial charge in [-0.2, -0.15) is 0 Å². The highest BCUT2D eigenvalue weighted by molar-refractivity contribution is 7.26. The SMILES string of the molecule is Cc1ccccc1N(c1ccccc1C)c1cc2sc3cc4c5c(cccc5c3c2c2ccccc12)-c1ccccc1N4c1ccccc1C. The molecular weight excluding hydrogens is 625 g/mol. The quantitative estimate of drug-likeness (QED) is 0.186. The van der Waals surface area contributed by atoms with Crippen molar-refractivity contribution in [2.75, 3.05) is 9.80 Å². The monoisotopic (exact) mass is 658 g/mol. The second-order valence-corrected chi connectivity index (χ2v) is 14.5. The molecule has 0 fully saturated rings. The fourth-order valence-corrected chi connectivity index (χ4v) is 9.47. The molecule has 0 N–H and O–H groups in total. The van der Waals surface area contributed by atoms with Gasteiger partial charge in [0.25, 0.3) is 0 Å². The van der Waals surface area contributed by atoms with Crippen LogP contribution in [-0.4, -0.2) is 0 Å². The summed E-state index contributed by atoms with van der Waals surface area (Å²) in [7, 11) is 0. The van der Waals surface area contributed by atoms with E-state index in [1.54, 1.807) is 0 Å². The highest BCUT2D eigenvalue weighted by atomic mass is 32.1. The summed E-state index contributed by atoms with van der Waals surface area (Å²) in [6.45, 7) is 6.65. The summed E-state index contributed by atoms with van der Waals surface area (Å²) in [4.78, 5) is 4.97. The van der Waals surface area contributed by atoms with Gasteiger partial charge in [0, 0.05) is 53.6 Å². The number of rotatable bonds is 4. The molecule has 0 bridgehead atoms. The normalized spacial score (nSPS) is 12.3. The largest absolute Gasteiger partial charge is 0.309 e. The maximum atomic E-state index is 2.49. The molecule has 0 unspecified atom stereocenters. The van der Waals surface area contributed by atoms with Gasteiger partial charge in [0.2, 0.25) is 0 Å². The molecule has 1 aliphatic rings. The van der Waals surface area contributed by atoms with Crippen molar-refractivity contribution in [1.82, 2.24) is 0 Å². The number of hydrogen-bond acceptors (Lipinski definition) is 3. The van der Waals surface area contributed by atoms with Crippen LogP contribution in [0.5, 0.6) is 0 Å². The van der Waals surface area contributed by atoms with Gasteiger partial charge in [-0.05, 0) is 90.2 Å². The molecule has 50 heavy (non-hydrogen) atoms. The van der Waals surface area contributed by atoms with Crippen molar-refractivity contribution < 1.29 is 0 Å². The summed E-state index contributed by atoms with van der Waals surface area (Å²) in [5, 5.41) is 7.84. The Morgan fingerprint density at radius 2 is 0.940 bits per heavy atom. The van der Waals surface area contributed by atoms with Gasteiger partial charge in [0.15, 0.2) is 0 Å². The van der Waals surface area contributed by atoms with Gasteiger partial charge in [-0.1, -0.05) is 115 Å². The third kappa shape index (κ3) is 4.14. The van der Waals surface area contributed by atoms with Gasteiger partial charge in [-0.3, -0.25) is 0 Å². The average Bonchev–Trinajstić information content (AvgIpc) is 3.53. The maximum absolute atomic E-state index is 2.49. The van der Waals surface area contributed by atoms with E-state index in [2.05, 4.69) is 182 Å². The first-order chi connectivity index (χ1) is 24.6. The Balaban J connectivity index is 1.34. The van der Waals surface area contributed by atoms with Crippen LogP contribution in [0.1, 0.15) is 16.7 Å². The van der Waals surface area contributed by atoms with Crippen molar-refractivity contribution >= 4 is 87.2 Å². The van der Waals surface area contributed by atoms with Crippen molar-refractivity contribution in [3.8, 4) is 11.1 Å². The fraction of sp³-hybridized carbons (Fsp3) is 0.0638. The molecule has 0 radical (unpaired) electrons. The van der Waals surface area contributed by atoms with E-state index in [1.807, 2.05) is 11.3 Å². The van der Waals surface area contributed by atoms with Crippen LogP contribution in [0, 0.1) is 20.8 Å². The van der Waals surface area contributed by atoms with E-state index in [1.165, 1.54) is 104 Å². The number of hydrogen-bond donors (Lipinski definition) is 0. The van der Waals surface area contributed by atoms with Crippen LogP contribution in [0.15, 0.2) is 152 Å². The summed E-state index contributed by atoms with van der Waals surface area (Å²) in [5.74, 6) is 0. The minimum absolute atomic E-state index is 1.20. The Kier molecular flexibility index (Phi) is 6.43.